The first-order chi connectivity index (χ1) is 9.65. The van der Waals surface area contributed by atoms with E-state index in [2.05, 4.69) is 0 Å². The monoisotopic (exact) mass is 361 g/mol. The highest BCUT2D eigenvalue weighted by Gasteiger charge is 2.44. The summed E-state index contributed by atoms with van der Waals surface area (Å²) in [5.74, 6) is -0.0229. The normalized spacial score (nSPS) is 16.5. The van der Waals surface area contributed by atoms with Crippen LogP contribution in [0, 0.1) is 0 Å². The van der Waals surface area contributed by atoms with Crippen LogP contribution in [-0.4, -0.2) is 31.5 Å². The first-order valence-corrected chi connectivity index (χ1v) is 8.43. The van der Waals surface area contributed by atoms with Gasteiger partial charge in [0.05, 0.1) is 4.90 Å². The molecule has 9 heteroatoms. The highest BCUT2D eigenvalue weighted by molar-refractivity contribution is 7.89. The molecule has 21 heavy (non-hydrogen) atoms. The number of benzene rings is 1. The molecule has 0 saturated heterocycles. The average molecular weight is 362 g/mol. The zero-order chi connectivity index (χ0) is 15.8. The van der Waals surface area contributed by atoms with Crippen LogP contribution in [0.2, 0.25) is 5.02 Å². The molecule has 0 radical (unpaired) electrons. The van der Waals surface area contributed by atoms with Crippen molar-refractivity contribution >= 4 is 33.2 Å². The van der Waals surface area contributed by atoms with E-state index >= 15 is 0 Å². The van der Waals surface area contributed by atoms with Crippen molar-refractivity contribution in [1.29, 1.82) is 0 Å². The molecule has 1 aliphatic rings. The molecule has 0 aromatic heterocycles. The molecular weight excluding hydrogens is 350 g/mol. The number of nitrogens with zero attached hydrogens (tertiary/aromatic N) is 1. The largest absolute Gasteiger partial charge is 0.402 e. The van der Waals surface area contributed by atoms with Crippen molar-refractivity contribution in [2.45, 2.75) is 35.8 Å². The third kappa shape index (κ3) is 4.03. The zero-order valence-corrected chi connectivity index (χ0v) is 13.0. The molecule has 1 saturated carbocycles. The molecule has 0 amide bonds. The van der Waals surface area contributed by atoms with Gasteiger partial charge >= 0.3 is 6.18 Å². The Morgan fingerprint density at radius 3 is 2.38 bits per heavy atom. The fraction of sp³-hybridized carbons (Fsp3) is 0.500. The summed E-state index contributed by atoms with van der Waals surface area (Å²) in [6.07, 6.45) is -3.71. The van der Waals surface area contributed by atoms with Crippen LogP contribution in [0.3, 0.4) is 0 Å². The van der Waals surface area contributed by atoms with Gasteiger partial charge in [0.2, 0.25) is 10.0 Å². The van der Waals surface area contributed by atoms with Crippen molar-refractivity contribution in [2.24, 2.45) is 0 Å². The van der Waals surface area contributed by atoms with Gasteiger partial charge < -0.3 is 0 Å². The maximum absolute atomic E-state index is 12.6. The van der Waals surface area contributed by atoms with Gasteiger partial charge in [-0.2, -0.15) is 17.5 Å². The van der Waals surface area contributed by atoms with E-state index in [1.165, 1.54) is 18.2 Å². The van der Waals surface area contributed by atoms with Gasteiger partial charge in [-0.15, -0.1) is 11.6 Å². The van der Waals surface area contributed by atoms with Gasteiger partial charge in [-0.3, -0.25) is 0 Å². The van der Waals surface area contributed by atoms with E-state index in [-0.39, 0.29) is 15.8 Å². The van der Waals surface area contributed by atoms with Crippen LogP contribution < -0.4 is 0 Å². The van der Waals surface area contributed by atoms with Crippen molar-refractivity contribution in [3.63, 3.8) is 0 Å². The van der Waals surface area contributed by atoms with E-state index in [1.807, 2.05) is 0 Å². The summed E-state index contributed by atoms with van der Waals surface area (Å²) in [6, 6.07) is 3.15. The topological polar surface area (TPSA) is 37.4 Å². The van der Waals surface area contributed by atoms with Crippen molar-refractivity contribution in [3.8, 4) is 0 Å². The van der Waals surface area contributed by atoms with Gasteiger partial charge in [-0.1, -0.05) is 11.6 Å². The van der Waals surface area contributed by atoms with E-state index in [9.17, 15) is 21.6 Å². The van der Waals surface area contributed by atoms with Gasteiger partial charge in [-0.05, 0) is 36.6 Å². The lowest BCUT2D eigenvalue weighted by Gasteiger charge is -2.23. The SMILES string of the molecule is O=S(=O)(c1ccc(Cl)c(CCl)c1)N(CC(F)(F)F)C1CC1. The molecule has 118 valence electrons. The van der Waals surface area contributed by atoms with E-state index in [1.54, 1.807) is 0 Å². The summed E-state index contributed by atoms with van der Waals surface area (Å²) in [6.45, 7) is -1.49. The summed E-state index contributed by atoms with van der Waals surface area (Å²) in [5, 5.41) is 0.276. The predicted octanol–water partition coefficient (Wildman–Crippen LogP) is 3.79. The second-order valence-electron chi connectivity index (χ2n) is 4.78. The van der Waals surface area contributed by atoms with Crippen LogP contribution in [0.1, 0.15) is 18.4 Å². The molecule has 0 aliphatic heterocycles. The Morgan fingerprint density at radius 2 is 1.90 bits per heavy atom. The van der Waals surface area contributed by atoms with Crippen molar-refractivity contribution < 1.29 is 21.6 Å². The van der Waals surface area contributed by atoms with Crippen LogP contribution in [-0.2, 0) is 15.9 Å². The number of sulfonamides is 1. The van der Waals surface area contributed by atoms with Crippen molar-refractivity contribution in [3.05, 3.63) is 28.8 Å². The summed E-state index contributed by atoms with van der Waals surface area (Å²) >= 11 is 11.5. The average Bonchev–Trinajstić information content (AvgIpc) is 3.19. The zero-order valence-electron chi connectivity index (χ0n) is 10.7. The summed E-state index contributed by atoms with van der Waals surface area (Å²) in [5.41, 5.74) is 0.363. The van der Waals surface area contributed by atoms with Crippen LogP contribution >= 0.6 is 23.2 Å². The molecule has 1 fully saturated rings. The standard InChI is InChI=1S/C12H12Cl2F3NO2S/c13-6-8-5-10(3-4-11(8)14)21(19,20)18(9-1-2-9)7-12(15,16)17/h3-5,9H,1-2,6-7H2. The van der Waals surface area contributed by atoms with E-state index in [0.29, 0.717) is 22.7 Å². The molecule has 3 nitrogen and oxygen atoms in total. The predicted molar refractivity (Wildman–Crippen MR) is 74.0 cm³/mol. The number of rotatable bonds is 5. The molecule has 0 unspecified atom stereocenters. The highest BCUT2D eigenvalue weighted by atomic mass is 35.5. The molecule has 0 bridgehead atoms. The van der Waals surface area contributed by atoms with Crippen LogP contribution in [0.4, 0.5) is 13.2 Å². The lowest BCUT2D eigenvalue weighted by atomic mass is 10.2. The van der Waals surface area contributed by atoms with Gasteiger partial charge in [0.1, 0.15) is 6.54 Å². The Kier molecular flexibility index (Phi) is 4.78. The Bertz CT molecular complexity index is 630. The van der Waals surface area contributed by atoms with Crippen molar-refractivity contribution in [1.82, 2.24) is 4.31 Å². The number of hydrogen-bond donors (Lipinski definition) is 0. The van der Waals surface area contributed by atoms with Crippen LogP contribution in [0.5, 0.6) is 0 Å². The maximum Gasteiger partial charge on any atom is 0.402 e. The van der Waals surface area contributed by atoms with E-state index in [0.717, 1.165) is 0 Å². The Balaban J connectivity index is 2.39. The number of alkyl halides is 4. The lowest BCUT2D eigenvalue weighted by Crippen LogP contribution is -2.40. The Labute approximate surface area is 130 Å². The Morgan fingerprint density at radius 1 is 1.29 bits per heavy atom. The number of hydrogen-bond acceptors (Lipinski definition) is 2. The molecule has 0 spiro atoms. The minimum atomic E-state index is -4.59. The molecule has 1 aromatic carbocycles. The molecule has 2 rings (SSSR count). The van der Waals surface area contributed by atoms with Gasteiger partial charge in [0, 0.05) is 16.9 Å². The molecule has 1 aromatic rings. The van der Waals surface area contributed by atoms with E-state index < -0.39 is 28.8 Å². The first kappa shape index (κ1) is 16.9. The van der Waals surface area contributed by atoms with Crippen LogP contribution in [0.15, 0.2) is 23.1 Å². The smallest absolute Gasteiger partial charge is 0.207 e. The maximum atomic E-state index is 12.6. The molecule has 1 aliphatic carbocycles. The summed E-state index contributed by atoms with van der Waals surface area (Å²) in [7, 11) is -4.22. The van der Waals surface area contributed by atoms with E-state index in [4.69, 9.17) is 23.2 Å². The molecular formula is C12H12Cl2F3NO2S. The van der Waals surface area contributed by atoms with Crippen LogP contribution in [0.25, 0.3) is 0 Å². The lowest BCUT2D eigenvalue weighted by molar-refractivity contribution is -0.137. The quantitative estimate of drug-likeness (QED) is 0.748. The van der Waals surface area contributed by atoms with Gasteiger partial charge in [0.25, 0.3) is 0 Å². The van der Waals surface area contributed by atoms with Crippen molar-refractivity contribution in [2.75, 3.05) is 6.54 Å². The number of halogens is 5. The molecule has 0 atom stereocenters. The molecule has 0 N–H and O–H groups in total. The Hall–Kier alpha value is -0.500. The minimum absolute atomic E-state index is 0.0229. The first-order valence-electron chi connectivity index (χ1n) is 6.08. The van der Waals surface area contributed by atoms with Gasteiger partial charge in [0.15, 0.2) is 0 Å². The second kappa shape index (κ2) is 5.95. The minimum Gasteiger partial charge on any atom is -0.207 e. The summed E-state index contributed by atoms with van der Waals surface area (Å²) < 4.78 is 63.1. The fourth-order valence-corrected chi connectivity index (χ4v) is 4.09. The molecule has 0 heterocycles. The fourth-order valence-electron chi connectivity index (χ4n) is 1.90. The third-order valence-electron chi connectivity index (χ3n) is 3.06. The highest BCUT2D eigenvalue weighted by Crippen LogP contribution is 2.35. The summed E-state index contributed by atoms with van der Waals surface area (Å²) in [4.78, 5) is -0.223. The second-order valence-corrected chi connectivity index (χ2v) is 7.35. The third-order valence-corrected chi connectivity index (χ3v) is 5.61. The van der Waals surface area contributed by atoms with Gasteiger partial charge in [-0.25, -0.2) is 8.42 Å².